The summed E-state index contributed by atoms with van der Waals surface area (Å²) in [6.07, 6.45) is 7.82. The number of hydrogen-bond donors (Lipinski definition) is 1. The van der Waals surface area contributed by atoms with Crippen LogP contribution in [0.4, 0.5) is 5.69 Å². The second-order valence-corrected chi connectivity index (χ2v) is 9.28. The molecule has 0 atom stereocenters. The molecule has 0 heterocycles. The van der Waals surface area contributed by atoms with Gasteiger partial charge in [-0.25, -0.2) is 0 Å². The van der Waals surface area contributed by atoms with Gasteiger partial charge in [0.2, 0.25) is 0 Å². The summed E-state index contributed by atoms with van der Waals surface area (Å²) in [5.74, 6) is 0. The van der Waals surface area contributed by atoms with Crippen LogP contribution < -0.4 is 4.72 Å². The first-order chi connectivity index (χ1) is 13.4. The lowest BCUT2D eigenvalue weighted by Crippen LogP contribution is -2.43. The fourth-order valence-electron chi connectivity index (χ4n) is 3.54. The summed E-state index contributed by atoms with van der Waals surface area (Å²) in [6.45, 7) is 6.50. The first kappa shape index (κ1) is 22.9. The number of nitrogens with zero attached hydrogens (tertiary/aromatic N) is 2. The number of ether oxygens (including phenoxy) is 1. The molecule has 0 saturated heterocycles. The predicted molar refractivity (Wildman–Crippen MR) is 116 cm³/mol. The van der Waals surface area contributed by atoms with Crippen molar-refractivity contribution >= 4 is 15.9 Å². The van der Waals surface area contributed by atoms with Crippen LogP contribution in [-0.4, -0.2) is 63.6 Å². The van der Waals surface area contributed by atoms with E-state index in [0.717, 1.165) is 58.2 Å². The Morgan fingerprint density at radius 3 is 2.46 bits per heavy atom. The van der Waals surface area contributed by atoms with Crippen molar-refractivity contribution < 1.29 is 13.2 Å². The Labute approximate surface area is 170 Å². The van der Waals surface area contributed by atoms with Gasteiger partial charge in [0, 0.05) is 31.9 Å². The van der Waals surface area contributed by atoms with Gasteiger partial charge in [-0.1, -0.05) is 24.3 Å². The van der Waals surface area contributed by atoms with Crippen molar-refractivity contribution in [3.63, 3.8) is 0 Å². The van der Waals surface area contributed by atoms with E-state index < -0.39 is 10.2 Å². The Hall–Kier alpha value is -1.41. The molecule has 1 aromatic carbocycles. The van der Waals surface area contributed by atoms with E-state index in [-0.39, 0.29) is 12.1 Å². The molecule has 0 unspecified atom stereocenters. The average molecular weight is 410 g/mol. The number of rotatable bonds is 12. The SMILES string of the molecule is C=CCN(C)CCCCO[C@H]1CC[C@H](N(C)S(=O)(=O)Nc2ccccc2)CC1. The molecule has 1 aromatic rings. The van der Waals surface area contributed by atoms with Gasteiger partial charge >= 0.3 is 10.2 Å². The summed E-state index contributed by atoms with van der Waals surface area (Å²) in [4.78, 5) is 2.25. The Bertz CT molecular complexity index is 673. The summed E-state index contributed by atoms with van der Waals surface area (Å²) in [7, 11) is 0.225. The van der Waals surface area contributed by atoms with Gasteiger partial charge in [0.05, 0.1) is 6.10 Å². The normalized spacial score (nSPS) is 20.4. The van der Waals surface area contributed by atoms with Crippen LogP contribution in [0.25, 0.3) is 0 Å². The van der Waals surface area contributed by atoms with Crippen LogP contribution in [0.5, 0.6) is 0 Å². The zero-order valence-electron chi connectivity index (χ0n) is 17.2. The third-order valence-electron chi connectivity index (χ3n) is 5.29. The minimum Gasteiger partial charge on any atom is -0.378 e. The van der Waals surface area contributed by atoms with E-state index in [1.165, 1.54) is 4.31 Å². The van der Waals surface area contributed by atoms with Gasteiger partial charge in [-0.3, -0.25) is 4.72 Å². The van der Waals surface area contributed by atoms with Crippen molar-refractivity contribution in [1.29, 1.82) is 0 Å². The largest absolute Gasteiger partial charge is 0.378 e. The fraction of sp³-hybridized carbons (Fsp3) is 0.619. The summed E-state index contributed by atoms with van der Waals surface area (Å²) in [6, 6.07) is 9.03. The van der Waals surface area contributed by atoms with Crippen LogP contribution >= 0.6 is 0 Å². The van der Waals surface area contributed by atoms with Crippen molar-refractivity contribution in [3.05, 3.63) is 43.0 Å². The van der Waals surface area contributed by atoms with E-state index in [9.17, 15) is 8.42 Å². The molecule has 0 aliphatic heterocycles. The number of benzene rings is 1. The maximum atomic E-state index is 12.6. The van der Waals surface area contributed by atoms with Crippen molar-refractivity contribution in [2.75, 3.05) is 38.5 Å². The quantitative estimate of drug-likeness (QED) is 0.424. The zero-order chi connectivity index (χ0) is 20.4. The highest BCUT2D eigenvalue weighted by atomic mass is 32.2. The van der Waals surface area contributed by atoms with Gasteiger partial charge in [0.1, 0.15) is 0 Å². The van der Waals surface area contributed by atoms with Crippen molar-refractivity contribution in [2.45, 2.75) is 50.7 Å². The second-order valence-electron chi connectivity index (χ2n) is 7.55. The molecule has 0 amide bonds. The fourth-order valence-corrected chi connectivity index (χ4v) is 4.73. The first-order valence-corrected chi connectivity index (χ1v) is 11.6. The monoisotopic (exact) mass is 409 g/mol. The Balaban J connectivity index is 1.67. The number of anilines is 1. The molecule has 1 fully saturated rings. The van der Waals surface area contributed by atoms with E-state index in [1.807, 2.05) is 24.3 Å². The zero-order valence-corrected chi connectivity index (χ0v) is 18.0. The van der Waals surface area contributed by atoms with Crippen LogP contribution in [0.15, 0.2) is 43.0 Å². The summed E-state index contributed by atoms with van der Waals surface area (Å²) >= 11 is 0. The van der Waals surface area contributed by atoms with Gasteiger partial charge in [-0.05, 0) is 64.3 Å². The first-order valence-electron chi connectivity index (χ1n) is 10.1. The molecule has 28 heavy (non-hydrogen) atoms. The standard InChI is InChI=1S/C21H35N3O3S/c1-4-16-23(2)17-8-9-18-27-21-14-12-20(13-15-21)24(3)28(25,26)22-19-10-6-5-7-11-19/h4-7,10-11,20-22H,1,8-9,12-18H2,2-3H3/t20-,21-. The number of unbranched alkanes of at least 4 members (excludes halogenated alkanes) is 1. The highest BCUT2D eigenvalue weighted by Crippen LogP contribution is 2.26. The maximum absolute atomic E-state index is 12.6. The highest BCUT2D eigenvalue weighted by molar-refractivity contribution is 7.90. The molecule has 0 radical (unpaired) electrons. The van der Waals surface area contributed by atoms with Gasteiger partial charge in [0.15, 0.2) is 0 Å². The topological polar surface area (TPSA) is 61.9 Å². The van der Waals surface area contributed by atoms with Gasteiger partial charge in [-0.2, -0.15) is 12.7 Å². The molecule has 0 spiro atoms. The lowest BCUT2D eigenvalue weighted by molar-refractivity contribution is 0.0153. The summed E-state index contributed by atoms with van der Waals surface area (Å²) in [5, 5.41) is 0. The number of para-hydroxylation sites is 1. The van der Waals surface area contributed by atoms with Crippen molar-refractivity contribution in [2.24, 2.45) is 0 Å². The molecule has 1 aliphatic carbocycles. The van der Waals surface area contributed by atoms with Crippen molar-refractivity contribution in [3.8, 4) is 0 Å². The summed E-state index contributed by atoms with van der Waals surface area (Å²) in [5.41, 5.74) is 0.588. The van der Waals surface area contributed by atoms with Gasteiger partial charge < -0.3 is 9.64 Å². The minimum absolute atomic E-state index is 0.0219. The van der Waals surface area contributed by atoms with E-state index in [4.69, 9.17) is 4.74 Å². The maximum Gasteiger partial charge on any atom is 0.301 e. The molecule has 7 heteroatoms. The molecule has 1 aliphatic rings. The van der Waals surface area contributed by atoms with Crippen LogP contribution in [0.3, 0.4) is 0 Å². The Kier molecular flexibility index (Phi) is 9.44. The second kappa shape index (κ2) is 11.6. The third-order valence-corrected chi connectivity index (χ3v) is 6.84. The molecular formula is C21H35N3O3S. The summed E-state index contributed by atoms with van der Waals surface area (Å²) < 4.78 is 35.3. The average Bonchev–Trinajstić information content (AvgIpc) is 2.68. The van der Waals surface area contributed by atoms with Crippen LogP contribution in [0, 0.1) is 0 Å². The van der Waals surface area contributed by atoms with Crippen LogP contribution in [0.2, 0.25) is 0 Å². The molecular weight excluding hydrogens is 374 g/mol. The molecule has 1 N–H and O–H groups in total. The molecule has 158 valence electrons. The van der Waals surface area contributed by atoms with Crippen LogP contribution in [-0.2, 0) is 14.9 Å². The molecule has 2 rings (SSSR count). The van der Waals surface area contributed by atoms with E-state index in [1.54, 1.807) is 19.2 Å². The number of nitrogens with one attached hydrogen (secondary N) is 1. The van der Waals surface area contributed by atoms with E-state index in [2.05, 4.69) is 23.2 Å². The van der Waals surface area contributed by atoms with Gasteiger partial charge in [0.25, 0.3) is 0 Å². The van der Waals surface area contributed by atoms with Crippen molar-refractivity contribution in [1.82, 2.24) is 9.21 Å². The smallest absolute Gasteiger partial charge is 0.301 e. The molecule has 1 saturated carbocycles. The number of hydrogen-bond acceptors (Lipinski definition) is 4. The lowest BCUT2D eigenvalue weighted by atomic mass is 9.93. The Morgan fingerprint density at radius 1 is 1.14 bits per heavy atom. The van der Waals surface area contributed by atoms with E-state index in [0.29, 0.717) is 5.69 Å². The Morgan fingerprint density at radius 2 is 1.82 bits per heavy atom. The van der Waals surface area contributed by atoms with E-state index >= 15 is 0 Å². The van der Waals surface area contributed by atoms with Crippen LogP contribution in [0.1, 0.15) is 38.5 Å². The predicted octanol–water partition coefficient (Wildman–Crippen LogP) is 3.50. The molecule has 6 nitrogen and oxygen atoms in total. The third kappa shape index (κ3) is 7.54. The number of likely N-dealkylation sites (N-methyl/N-ethyl adjacent to an activating group) is 1. The van der Waals surface area contributed by atoms with Gasteiger partial charge in [-0.15, -0.1) is 6.58 Å². The highest BCUT2D eigenvalue weighted by Gasteiger charge is 2.30. The minimum atomic E-state index is -3.54. The molecule has 0 bridgehead atoms. The lowest BCUT2D eigenvalue weighted by Gasteiger charge is -2.34. The molecule has 0 aromatic heterocycles.